The molecule has 2 heterocycles. The van der Waals surface area contributed by atoms with Crippen LogP contribution >= 0.6 is 15.9 Å². The second-order valence-corrected chi connectivity index (χ2v) is 6.86. The molecule has 128 valence electrons. The number of anilines is 1. The third kappa shape index (κ3) is 3.02. The molecule has 1 aromatic heterocycles. The number of benzene rings is 2. The van der Waals surface area contributed by atoms with Crippen molar-refractivity contribution < 1.29 is 14.0 Å². The number of hydrogen-bond acceptors (Lipinski definition) is 3. The number of carbonyl (C=O) groups is 2. The number of aldehydes is 1. The Bertz CT molecular complexity index is 1020. The molecule has 1 aliphatic heterocycles. The van der Waals surface area contributed by atoms with Crippen LogP contribution in [0.15, 0.2) is 69.6 Å². The van der Waals surface area contributed by atoms with Crippen molar-refractivity contribution in [2.24, 2.45) is 0 Å². The summed E-state index contributed by atoms with van der Waals surface area (Å²) in [6.07, 6.45) is 2.55. The van der Waals surface area contributed by atoms with Gasteiger partial charge in [0.05, 0.1) is 12.2 Å². The molecule has 0 saturated heterocycles. The Kier molecular flexibility index (Phi) is 4.31. The fourth-order valence-corrected chi connectivity index (χ4v) is 3.29. The van der Waals surface area contributed by atoms with E-state index < -0.39 is 0 Å². The highest BCUT2D eigenvalue weighted by Gasteiger charge is 2.32. The van der Waals surface area contributed by atoms with Crippen LogP contribution in [0.5, 0.6) is 0 Å². The van der Waals surface area contributed by atoms with Crippen molar-refractivity contribution in [2.75, 3.05) is 4.90 Å². The molecule has 26 heavy (non-hydrogen) atoms. The maximum atomic E-state index is 13.1. The number of carbonyl (C=O) groups excluding carboxylic acids is 2. The number of nitrogens with zero attached hydrogens (tertiary/aromatic N) is 1. The van der Waals surface area contributed by atoms with Gasteiger partial charge in [0.25, 0.3) is 5.91 Å². The molecule has 0 atom stereocenters. The number of hydrogen-bond donors (Lipinski definition) is 0. The molecular weight excluding hydrogens is 394 g/mol. The summed E-state index contributed by atoms with van der Waals surface area (Å²) in [5.41, 5.74) is 3.33. The third-order valence-electron chi connectivity index (χ3n) is 4.25. The highest BCUT2D eigenvalue weighted by molar-refractivity contribution is 9.10. The van der Waals surface area contributed by atoms with Crippen LogP contribution in [-0.2, 0) is 11.3 Å². The summed E-state index contributed by atoms with van der Waals surface area (Å²) in [4.78, 5) is 25.5. The quantitative estimate of drug-likeness (QED) is 0.454. The second-order valence-electron chi connectivity index (χ2n) is 5.94. The van der Waals surface area contributed by atoms with E-state index in [1.54, 1.807) is 17.0 Å². The molecule has 3 aromatic rings. The van der Waals surface area contributed by atoms with E-state index in [4.69, 9.17) is 4.42 Å². The van der Waals surface area contributed by atoms with E-state index in [2.05, 4.69) is 15.9 Å². The van der Waals surface area contributed by atoms with Crippen LogP contribution in [0.1, 0.15) is 27.4 Å². The van der Waals surface area contributed by atoms with Gasteiger partial charge in [-0.25, -0.2) is 0 Å². The number of furan rings is 1. The lowest BCUT2D eigenvalue weighted by molar-refractivity contribution is -0.113. The fraction of sp³-hybridized carbons (Fsp3) is 0.0476. The van der Waals surface area contributed by atoms with Gasteiger partial charge in [-0.05, 0) is 42.0 Å². The van der Waals surface area contributed by atoms with Gasteiger partial charge >= 0.3 is 0 Å². The molecule has 1 amide bonds. The van der Waals surface area contributed by atoms with E-state index in [9.17, 15) is 9.59 Å². The van der Waals surface area contributed by atoms with Crippen molar-refractivity contribution in [1.29, 1.82) is 0 Å². The van der Waals surface area contributed by atoms with Crippen LogP contribution in [0.2, 0.25) is 0 Å². The average Bonchev–Trinajstić information content (AvgIpc) is 3.22. The van der Waals surface area contributed by atoms with Gasteiger partial charge in [0.2, 0.25) is 0 Å². The molecule has 1 aliphatic rings. The number of rotatable bonds is 4. The topological polar surface area (TPSA) is 50.5 Å². The number of amides is 1. The predicted octanol–water partition coefficient (Wildman–Crippen LogP) is 4.94. The summed E-state index contributed by atoms with van der Waals surface area (Å²) in [5, 5.41) is 0. The van der Waals surface area contributed by atoms with Crippen molar-refractivity contribution in [3.8, 4) is 0 Å². The van der Waals surface area contributed by atoms with Crippen molar-refractivity contribution >= 4 is 45.5 Å². The number of fused-ring (bicyclic) bond motifs is 1. The molecule has 0 N–H and O–H groups in total. The fourth-order valence-electron chi connectivity index (χ4n) is 3.03. The third-order valence-corrected chi connectivity index (χ3v) is 4.78. The second kappa shape index (κ2) is 6.77. The lowest BCUT2D eigenvalue weighted by Crippen LogP contribution is -2.25. The van der Waals surface area contributed by atoms with Gasteiger partial charge in [-0.15, -0.1) is 0 Å². The maximum absolute atomic E-state index is 13.1. The first-order valence-corrected chi connectivity index (χ1v) is 8.87. The van der Waals surface area contributed by atoms with Crippen molar-refractivity contribution in [3.05, 3.63) is 87.8 Å². The summed E-state index contributed by atoms with van der Waals surface area (Å²) in [6.45, 7) is 0.279. The van der Waals surface area contributed by atoms with Crippen molar-refractivity contribution in [3.63, 3.8) is 0 Å². The van der Waals surface area contributed by atoms with E-state index in [0.717, 1.165) is 21.3 Å². The van der Waals surface area contributed by atoms with Crippen molar-refractivity contribution in [2.45, 2.75) is 6.54 Å². The Morgan fingerprint density at radius 1 is 1.00 bits per heavy atom. The van der Waals surface area contributed by atoms with Gasteiger partial charge in [-0.2, -0.15) is 0 Å². The summed E-state index contributed by atoms with van der Waals surface area (Å²) in [7, 11) is 0. The normalized spacial score (nSPS) is 14.7. The highest BCUT2D eigenvalue weighted by atomic mass is 79.9. The molecular formula is C21H14BrNO3. The summed E-state index contributed by atoms with van der Waals surface area (Å²) in [6, 6.07) is 18.8. The maximum Gasteiger partial charge on any atom is 0.259 e. The molecule has 5 heteroatoms. The van der Waals surface area contributed by atoms with Crippen LogP contribution in [0, 0.1) is 0 Å². The molecule has 4 rings (SSSR count). The number of halogens is 1. The van der Waals surface area contributed by atoms with Gasteiger partial charge in [0.15, 0.2) is 12.0 Å². The van der Waals surface area contributed by atoms with Crippen molar-refractivity contribution in [1.82, 2.24) is 0 Å². The van der Waals surface area contributed by atoms with E-state index in [1.165, 1.54) is 0 Å². The minimum atomic E-state index is -0.0850. The molecule has 2 aromatic carbocycles. The SMILES string of the molecule is O=Cc1ccc(CN2C(=O)/C(=C\c3ccc(Br)cc3)c3ccccc32)o1. The largest absolute Gasteiger partial charge is 0.456 e. The highest BCUT2D eigenvalue weighted by Crippen LogP contribution is 2.38. The first kappa shape index (κ1) is 16.5. The average molecular weight is 408 g/mol. The predicted molar refractivity (Wildman–Crippen MR) is 104 cm³/mol. The van der Waals surface area contributed by atoms with Gasteiger partial charge in [0, 0.05) is 15.6 Å². The molecule has 4 nitrogen and oxygen atoms in total. The minimum Gasteiger partial charge on any atom is -0.456 e. The van der Waals surface area contributed by atoms with Gasteiger partial charge in [-0.3, -0.25) is 9.59 Å². The Morgan fingerprint density at radius 2 is 1.77 bits per heavy atom. The monoisotopic (exact) mass is 407 g/mol. The van der Waals surface area contributed by atoms with Crippen LogP contribution in [0.25, 0.3) is 11.6 Å². The Labute approximate surface area is 158 Å². The number of para-hydroxylation sites is 1. The lowest BCUT2D eigenvalue weighted by atomic mass is 10.0. The summed E-state index contributed by atoms with van der Waals surface area (Å²) >= 11 is 3.42. The Hall–Kier alpha value is -2.92. The van der Waals surface area contributed by atoms with E-state index >= 15 is 0 Å². The molecule has 0 spiro atoms. The van der Waals surface area contributed by atoms with Crippen LogP contribution in [-0.4, -0.2) is 12.2 Å². The van der Waals surface area contributed by atoms with E-state index in [1.807, 2.05) is 54.6 Å². The standard InChI is InChI=1S/C21H14BrNO3/c22-15-7-5-14(6-8-15)11-19-18-3-1-2-4-20(18)23(21(19)25)12-16-9-10-17(13-24)26-16/h1-11,13H,12H2/b19-11-. The summed E-state index contributed by atoms with van der Waals surface area (Å²) in [5.74, 6) is 0.740. The van der Waals surface area contributed by atoms with Gasteiger partial charge < -0.3 is 9.32 Å². The molecule has 0 bridgehead atoms. The first-order valence-electron chi connectivity index (χ1n) is 8.08. The molecule has 0 saturated carbocycles. The zero-order valence-corrected chi connectivity index (χ0v) is 15.3. The first-order chi connectivity index (χ1) is 12.7. The van der Waals surface area contributed by atoms with Gasteiger partial charge in [0.1, 0.15) is 5.76 Å². The molecule has 0 unspecified atom stereocenters. The van der Waals surface area contributed by atoms with Crippen LogP contribution < -0.4 is 4.90 Å². The Balaban J connectivity index is 1.72. The zero-order valence-electron chi connectivity index (χ0n) is 13.7. The van der Waals surface area contributed by atoms with Crippen LogP contribution in [0.3, 0.4) is 0 Å². The van der Waals surface area contributed by atoms with E-state index in [-0.39, 0.29) is 18.2 Å². The van der Waals surface area contributed by atoms with E-state index in [0.29, 0.717) is 17.6 Å². The lowest BCUT2D eigenvalue weighted by Gasteiger charge is -2.15. The van der Waals surface area contributed by atoms with Crippen LogP contribution in [0.4, 0.5) is 5.69 Å². The van der Waals surface area contributed by atoms with Gasteiger partial charge in [-0.1, -0.05) is 46.3 Å². The summed E-state index contributed by atoms with van der Waals surface area (Å²) < 4.78 is 6.43. The molecule has 0 aliphatic carbocycles. The molecule has 0 fully saturated rings. The zero-order chi connectivity index (χ0) is 18.1. The smallest absolute Gasteiger partial charge is 0.259 e. The minimum absolute atomic E-state index is 0.0850. The molecule has 0 radical (unpaired) electrons. The Morgan fingerprint density at radius 3 is 2.50 bits per heavy atom.